The highest BCUT2D eigenvalue weighted by atomic mass is 16.5. The van der Waals surface area contributed by atoms with Crippen molar-refractivity contribution >= 4 is 11.9 Å². The summed E-state index contributed by atoms with van der Waals surface area (Å²) >= 11 is 0. The average molecular weight is 284 g/mol. The number of aromatic hydroxyl groups is 3. The molecule has 0 unspecified atom stereocenters. The Labute approximate surface area is 120 Å². The predicted molar refractivity (Wildman–Crippen MR) is 75.4 cm³/mol. The van der Waals surface area contributed by atoms with Gasteiger partial charge in [-0.3, -0.25) is 4.79 Å². The van der Waals surface area contributed by atoms with E-state index in [-0.39, 0.29) is 29.5 Å². The highest BCUT2D eigenvalue weighted by Crippen LogP contribution is 2.33. The van der Waals surface area contributed by atoms with Gasteiger partial charge in [0.15, 0.2) is 17.3 Å². The second kappa shape index (κ2) is 4.86. The number of phenolic OH excluding ortho intramolecular Hbond substituents is 3. The van der Waals surface area contributed by atoms with Gasteiger partial charge < -0.3 is 20.1 Å². The highest BCUT2D eigenvalue weighted by Gasteiger charge is 2.22. The van der Waals surface area contributed by atoms with Gasteiger partial charge in [-0.1, -0.05) is 6.07 Å². The van der Waals surface area contributed by atoms with Crippen LogP contribution in [0.25, 0.3) is 6.08 Å². The number of benzene rings is 2. The normalized spacial score (nSPS) is 15.6. The van der Waals surface area contributed by atoms with Crippen molar-refractivity contribution in [2.75, 3.05) is 0 Å². The monoisotopic (exact) mass is 284 g/mol. The van der Waals surface area contributed by atoms with E-state index in [1.165, 1.54) is 30.3 Å². The number of phenols is 3. The standard InChI is InChI=1S/C16H12O5/c17-10-2-3-12-14(19)8-11(21-16(12)7-10)5-9-1-4-13(18)15(20)6-9/h1-7,17-18,20H,8H2. The van der Waals surface area contributed by atoms with Gasteiger partial charge in [0.25, 0.3) is 0 Å². The second-order valence-corrected chi connectivity index (χ2v) is 4.74. The summed E-state index contributed by atoms with van der Waals surface area (Å²) in [6.45, 7) is 0. The second-order valence-electron chi connectivity index (χ2n) is 4.74. The fraction of sp³-hybridized carbons (Fsp3) is 0.0625. The first kappa shape index (κ1) is 13.1. The lowest BCUT2D eigenvalue weighted by Gasteiger charge is -2.18. The fourth-order valence-electron chi connectivity index (χ4n) is 2.15. The molecule has 3 rings (SSSR count). The van der Waals surface area contributed by atoms with Crippen LogP contribution in [-0.2, 0) is 0 Å². The van der Waals surface area contributed by atoms with E-state index in [4.69, 9.17) is 4.74 Å². The number of allylic oxidation sites excluding steroid dienone is 1. The maximum Gasteiger partial charge on any atom is 0.174 e. The van der Waals surface area contributed by atoms with E-state index in [0.717, 1.165) is 0 Å². The molecular formula is C16H12O5. The topological polar surface area (TPSA) is 87.0 Å². The van der Waals surface area contributed by atoms with E-state index in [1.54, 1.807) is 12.1 Å². The molecule has 21 heavy (non-hydrogen) atoms. The van der Waals surface area contributed by atoms with Crippen LogP contribution in [0.1, 0.15) is 22.3 Å². The van der Waals surface area contributed by atoms with Gasteiger partial charge in [0.1, 0.15) is 17.3 Å². The Hall–Kier alpha value is -2.95. The smallest absolute Gasteiger partial charge is 0.174 e. The molecule has 5 heteroatoms. The first-order valence-electron chi connectivity index (χ1n) is 6.29. The van der Waals surface area contributed by atoms with Crippen LogP contribution < -0.4 is 4.74 Å². The Kier molecular flexibility index (Phi) is 3.02. The van der Waals surface area contributed by atoms with Crippen LogP contribution in [0.2, 0.25) is 0 Å². The van der Waals surface area contributed by atoms with Crippen LogP contribution in [0.5, 0.6) is 23.0 Å². The van der Waals surface area contributed by atoms with E-state index < -0.39 is 0 Å². The van der Waals surface area contributed by atoms with Crippen molar-refractivity contribution in [3.05, 3.63) is 53.3 Å². The molecule has 1 heterocycles. The summed E-state index contributed by atoms with van der Waals surface area (Å²) in [5.74, 6) is 0.164. The Morgan fingerprint density at radius 3 is 2.57 bits per heavy atom. The molecule has 0 radical (unpaired) electrons. The Balaban J connectivity index is 1.96. The van der Waals surface area contributed by atoms with Crippen molar-refractivity contribution in [3.63, 3.8) is 0 Å². The van der Waals surface area contributed by atoms with Crippen LogP contribution in [0.3, 0.4) is 0 Å². The quantitative estimate of drug-likeness (QED) is 0.701. The molecule has 0 bridgehead atoms. The maximum atomic E-state index is 12.0. The van der Waals surface area contributed by atoms with Crippen molar-refractivity contribution in [3.8, 4) is 23.0 Å². The minimum atomic E-state index is -0.246. The molecule has 2 aromatic carbocycles. The molecule has 1 aliphatic heterocycles. The van der Waals surface area contributed by atoms with Crippen molar-refractivity contribution < 1.29 is 24.9 Å². The molecule has 0 fully saturated rings. The van der Waals surface area contributed by atoms with Crippen molar-refractivity contribution in [2.45, 2.75) is 6.42 Å². The van der Waals surface area contributed by atoms with Gasteiger partial charge in [0.05, 0.1) is 12.0 Å². The van der Waals surface area contributed by atoms with Crippen LogP contribution in [0, 0.1) is 0 Å². The van der Waals surface area contributed by atoms with E-state index >= 15 is 0 Å². The number of Topliss-reactive ketones (excluding diaryl/α,β-unsaturated/α-hetero) is 1. The van der Waals surface area contributed by atoms with E-state index in [9.17, 15) is 20.1 Å². The van der Waals surface area contributed by atoms with Gasteiger partial charge in [-0.15, -0.1) is 0 Å². The van der Waals surface area contributed by atoms with Gasteiger partial charge in [-0.05, 0) is 35.9 Å². The summed E-state index contributed by atoms with van der Waals surface area (Å²) in [5, 5.41) is 28.2. The van der Waals surface area contributed by atoms with Gasteiger partial charge in [-0.25, -0.2) is 0 Å². The van der Waals surface area contributed by atoms with Crippen LogP contribution in [-0.4, -0.2) is 21.1 Å². The highest BCUT2D eigenvalue weighted by molar-refractivity contribution is 6.01. The number of carbonyl (C=O) groups excluding carboxylic acids is 1. The van der Waals surface area contributed by atoms with Crippen molar-refractivity contribution in [1.82, 2.24) is 0 Å². The number of fused-ring (bicyclic) bond motifs is 1. The van der Waals surface area contributed by atoms with E-state index in [1.807, 2.05) is 0 Å². The molecule has 2 aromatic rings. The van der Waals surface area contributed by atoms with Crippen LogP contribution >= 0.6 is 0 Å². The molecule has 0 saturated heterocycles. The molecule has 0 aliphatic carbocycles. The zero-order chi connectivity index (χ0) is 15.0. The van der Waals surface area contributed by atoms with Crippen molar-refractivity contribution in [1.29, 1.82) is 0 Å². The third kappa shape index (κ3) is 2.53. The van der Waals surface area contributed by atoms with Gasteiger partial charge in [0, 0.05) is 6.07 Å². The summed E-state index contributed by atoms with van der Waals surface area (Å²) in [5.41, 5.74) is 1.02. The lowest BCUT2D eigenvalue weighted by molar-refractivity contribution is 0.0965. The third-order valence-electron chi connectivity index (χ3n) is 3.17. The number of ketones is 1. The van der Waals surface area contributed by atoms with Gasteiger partial charge >= 0.3 is 0 Å². The minimum absolute atomic E-state index is 0.0186. The zero-order valence-electron chi connectivity index (χ0n) is 10.9. The third-order valence-corrected chi connectivity index (χ3v) is 3.17. The molecule has 0 saturated carbocycles. The minimum Gasteiger partial charge on any atom is -0.508 e. The molecular weight excluding hydrogens is 272 g/mol. The Morgan fingerprint density at radius 2 is 1.81 bits per heavy atom. The lowest BCUT2D eigenvalue weighted by atomic mass is 10.0. The largest absolute Gasteiger partial charge is 0.508 e. The summed E-state index contributed by atoms with van der Waals surface area (Å²) in [4.78, 5) is 12.0. The van der Waals surface area contributed by atoms with Crippen LogP contribution in [0.4, 0.5) is 0 Å². The number of hydrogen-bond donors (Lipinski definition) is 3. The first-order chi connectivity index (χ1) is 10.0. The SMILES string of the molecule is O=C1CC(=Cc2ccc(O)c(O)c2)Oc2cc(O)ccc21. The summed E-state index contributed by atoms with van der Waals surface area (Å²) in [7, 11) is 0. The molecule has 0 atom stereocenters. The van der Waals surface area contributed by atoms with Gasteiger partial charge in [0.2, 0.25) is 0 Å². The van der Waals surface area contributed by atoms with E-state index in [0.29, 0.717) is 22.6 Å². The summed E-state index contributed by atoms with van der Waals surface area (Å²) < 4.78 is 5.59. The van der Waals surface area contributed by atoms with Crippen LogP contribution in [0.15, 0.2) is 42.2 Å². The zero-order valence-corrected chi connectivity index (χ0v) is 10.9. The summed E-state index contributed by atoms with van der Waals surface area (Å²) in [6.07, 6.45) is 1.70. The number of hydrogen-bond acceptors (Lipinski definition) is 5. The van der Waals surface area contributed by atoms with E-state index in [2.05, 4.69) is 0 Å². The number of carbonyl (C=O) groups is 1. The molecule has 1 aliphatic rings. The van der Waals surface area contributed by atoms with Gasteiger partial charge in [-0.2, -0.15) is 0 Å². The molecule has 0 aromatic heterocycles. The maximum absolute atomic E-state index is 12.0. The Bertz CT molecular complexity index is 761. The lowest BCUT2D eigenvalue weighted by Crippen LogP contribution is -2.13. The predicted octanol–water partition coefficient (Wildman–Crippen LogP) is 2.81. The number of rotatable bonds is 1. The molecule has 0 amide bonds. The Morgan fingerprint density at radius 1 is 1.00 bits per heavy atom. The average Bonchev–Trinajstić information content (AvgIpc) is 2.42. The molecule has 106 valence electrons. The van der Waals surface area contributed by atoms with Crippen molar-refractivity contribution in [2.24, 2.45) is 0 Å². The molecule has 3 N–H and O–H groups in total. The summed E-state index contributed by atoms with van der Waals surface area (Å²) in [6, 6.07) is 8.66. The first-order valence-corrected chi connectivity index (χ1v) is 6.29. The molecule has 5 nitrogen and oxygen atoms in total. The number of ether oxygens (including phenoxy) is 1. The molecule has 0 spiro atoms. The fourth-order valence-corrected chi connectivity index (χ4v) is 2.15.